The maximum Gasteiger partial charge on any atom is 0.240 e. The maximum atomic E-state index is 12.1. The molecule has 6 heteroatoms. The van der Waals surface area contributed by atoms with Gasteiger partial charge in [0.25, 0.3) is 0 Å². The predicted octanol–water partition coefficient (Wildman–Crippen LogP) is 1.06. The van der Waals surface area contributed by atoms with E-state index in [1.807, 2.05) is 6.07 Å². The average molecular weight is 280 g/mol. The third kappa shape index (κ3) is 2.95. The van der Waals surface area contributed by atoms with Crippen LogP contribution in [0.15, 0.2) is 23.1 Å². The van der Waals surface area contributed by atoms with Crippen LogP contribution in [0.25, 0.3) is 0 Å². The monoisotopic (exact) mass is 280 g/mol. The number of rotatable bonds is 4. The fraction of sp³-hybridized carbons (Fsp3) is 0.462. The van der Waals surface area contributed by atoms with E-state index >= 15 is 0 Å². The predicted molar refractivity (Wildman–Crippen MR) is 69.9 cm³/mol. The molecule has 0 spiro atoms. The molecular formula is C13H16N2O3S. The molecule has 1 aromatic rings. The highest BCUT2D eigenvalue weighted by atomic mass is 32.2. The zero-order valence-electron chi connectivity index (χ0n) is 10.7. The quantitative estimate of drug-likeness (QED) is 0.863. The second-order valence-corrected chi connectivity index (χ2v) is 6.76. The van der Waals surface area contributed by atoms with Crippen molar-refractivity contribution >= 4 is 10.0 Å². The zero-order valence-corrected chi connectivity index (χ0v) is 11.5. The first-order chi connectivity index (χ1) is 8.86. The lowest BCUT2D eigenvalue weighted by molar-refractivity contribution is -0.0270. The molecule has 0 bridgehead atoms. The van der Waals surface area contributed by atoms with Crippen molar-refractivity contribution in [3.8, 4) is 6.07 Å². The zero-order chi connectivity index (χ0) is 14.1. The highest BCUT2D eigenvalue weighted by molar-refractivity contribution is 7.89. The molecule has 0 saturated heterocycles. The van der Waals surface area contributed by atoms with E-state index in [1.165, 1.54) is 18.2 Å². The molecule has 0 unspecified atom stereocenters. The Hall–Kier alpha value is -1.42. The Kier molecular flexibility index (Phi) is 3.63. The Morgan fingerprint density at radius 2 is 2.16 bits per heavy atom. The normalized spacial score (nSPS) is 17.5. The third-order valence-electron chi connectivity index (χ3n) is 3.50. The van der Waals surface area contributed by atoms with E-state index in [-0.39, 0.29) is 11.4 Å². The van der Waals surface area contributed by atoms with Crippen LogP contribution in [0.2, 0.25) is 0 Å². The van der Waals surface area contributed by atoms with Gasteiger partial charge < -0.3 is 5.11 Å². The number of benzene rings is 1. The van der Waals surface area contributed by atoms with Crippen molar-refractivity contribution in [3.05, 3.63) is 29.3 Å². The van der Waals surface area contributed by atoms with Gasteiger partial charge in [0.05, 0.1) is 22.1 Å². The maximum absolute atomic E-state index is 12.1. The lowest BCUT2D eigenvalue weighted by Crippen LogP contribution is -2.47. The van der Waals surface area contributed by atoms with Crippen molar-refractivity contribution in [2.75, 3.05) is 6.54 Å². The molecule has 0 amide bonds. The Balaban J connectivity index is 2.15. The fourth-order valence-electron chi connectivity index (χ4n) is 2.00. The molecule has 0 aliphatic heterocycles. The van der Waals surface area contributed by atoms with Crippen molar-refractivity contribution in [1.82, 2.24) is 4.72 Å². The average Bonchev–Trinajstić information content (AvgIpc) is 2.34. The van der Waals surface area contributed by atoms with Crippen molar-refractivity contribution < 1.29 is 13.5 Å². The van der Waals surface area contributed by atoms with E-state index in [9.17, 15) is 13.5 Å². The Labute approximate surface area is 112 Å². The number of nitrogens with zero attached hydrogens (tertiary/aromatic N) is 1. The summed E-state index contributed by atoms with van der Waals surface area (Å²) >= 11 is 0. The van der Waals surface area contributed by atoms with Gasteiger partial charge in [0.1, 0.15) is 0 Å². The molecule has 102 valence electrons. The number of nitriles is 1. The molecule has 5 nitrogen and oxygen atoms in total. The van der Waals surface area contributed by atoms with Crippen LogP contribution in [-0.2, 0) is 10.0 Å². The molecule has 2 N–H and O–H groups in total. The first-order valence-electron chi connectivity index (χ1n) is 6.09. The standard InChI is InChI=1S/C13H16N2O3S/c1-10-7-12(4-3-11(10)8-14)19(17,18)15-9-13(16)5-2-6-13/h3-4,7,15-16H,2,5-6,9H2,1H3. The molecule has 19 heavy (non-hydrogen) atoms. The highest BCUT2D eigenvalue weighted by Crippen LogP contribution is 2.31. The SMILES string of the molecule is Cc1cc(S(=O)(=O)NCC2(O)CCC2)ccc1C#N. The number of hydrogen-bond donors (Lipinski definition) is 2. The number of aryl methyl sites for hydroxylation is 1. The summed E-state index contributed by atoms with van der Waals surface area (Å²) in [6, 6.07) is 6.35. The van der Waals surface area contributed by atoms with Crippen LogP contribution >= 0.6 is 0 Å². The van der Waals surface area contributed by atoms with Gasteiger partial charge in [-0.3, -0.25) is 0 Å². The first kappa shape index (κ1) is 14.0. The first-order valence-corrected chi connectivity index (χ1v) is 7.57. The summed E-state index contributed by atoms with van der Waals surface area (Å²) in [4.78, 5) is 0.118. The third-order valence-corrected chi connectivity index (χ3v) is 4.90. The summed E-state index contributed by atoms with van der Waals surface area (Å²) in [6.45, 7) is 1.73. The van der Waals surface area contributed by atoms with Crippen LogP contribution in [0, 0.1) is 18.3 Å². The van der Waals surface area contributed by atoms with E-state index in [0.717, 1.165) is 6.42 Å². The van der Waals surface area contributed by atoms with E-state index < -0.39 is 15.6 Å². The summed E-state index contributed by atoms with van der Waals surface area (Å²) in [5, 5.41) is 18.7. The Bertz CT molecular complexity index is 628. The van der Waals surface area contributed by atoms with Gasteiger partial charge in [-0.2, -0.15) is 5.26 Å². The minimum atomic E-state index is -3.64. The van der Waals surface area contributed by atoms with Gasteiger partial charge in [-0.05, 0) is 49.9 Å². The van der Waals surface area contributed by atoms with E-state index in [0.29, 0.717) is 24.0 Å². The van der Waals surface area contributed by atoms with Crippen molar-refractivity contribution in [1.29, 1.82) is 5.26 Å². The molecular weight excluding hydrogens is 264 g/mol. The molecule has 0 atom stereocenters. The summed E-state index contributed by atoms with van der Waals surface area (Å²) in [5.74, 6) is 0. The Morgan fingerprint density at radius 3 is 2.63 bits per heavy atom. The fourth-order valence-corrected chi connectivity index (χ4v) is 3.21. The van der Waals surface area contributed by atoms with Crippen LogP contribution < -0.4 is 4.72 Å². The number of sulfonamides is 1. The van der Waals surface area contributed by atoms with Crippen molar-refractivity contribution in [2.45, 2.75) is 36.7 Å². The molecule has 2 rings (SSSR count). The van der Waals surface area contributed by atoms with Gasteiger partial charge in [-0.1, -0.05) is 0 Å². The molecule has 1 aliphatic carbocycles. The van der Waals surface area contributed by atoms with Crippen molar-refractivity contribution in [3.63, 3.8) is 0 Å². The summed E-state index contributed by atoms with van der Waals surface area (Å²) in [5.41, 5.74) is 0.179. The van der Waals surface area contributed by atoms with E-state index in [2.05, 4.69) is 4.72 Å². The van der Waals surface area contributed by atoms with E-state index in [4.69, 9.17) is 5.26 Å². The van der Waals surface area contributed by atoms with Gasteiger partial charge in [-0.25, -0.2) is 13.1 Å². The smallest absolute Gasteiger partial charge is 0.240 e. The summed E-state index contributed by atoms with van der Waals surface area (Å²) < 4.78 is 26.6. The minimum Gasteiger partial charge on any atom is -0.389 e. The minimum absolute atomic E-state index is 0.0361. The summed E-state index contributed by atoms with van der Waals surface area (Å²) in [7, 11) is -3.64. The van der Waals surface area contributed by atoms with Gasteiger partial charge in [0.15, 0.2) is 0 Å². The van der Waals surface area contributed by atoms with Gasteiger partial charge >= 0.3 is 0 Å². The lowest BCUT2D eigenvalue weighted by atomic mass is 9.81. The van der Waals surface area contributed by atoms with Crippen LogP contribution in [-0.4, -0.2) is 25.7 Å². The van der Waals surface area contributed by atoms with Crippen LogP contribution in [0.3, 0.4) is 0 Å². The number of aliphatic hydroxyl groups is 1. The van der Waals surface area contributed by atoms with Gasteiger partial charge in [-0.15, -0.1) is 0 Å². The number of hydrogen-bond acceptors (Lipinski definition) is 4. The number of nitrogens with one attached hydrogen (secondary N) is 1. The topological polar surface area (TPSA) is 90.2 Å². The molecule has 1 aromatic carbocycles. The highest BCUT2D eigenvalue weighted by Gasteiger charge is 2.35. The molecule has 0 aromatic heterocycles. The van der Waals surface area contributed by atoms with Crippen LogP contribution in [0.1, 0.15) is 30.4 Å². The second-order valence-electron chi connectivity index (χ2n) is 4.99. The van der Waals surface area contributed by atoms with Crippen LogP contribution in [0.4, 0.5) is 0 Å². The van der Waals surface area contributed by atoms with E-state index in [1.54, 1.807) is 6.92 Å². The van der Waals surface area contributed by atoms with Crippen LogP contribution in [0.5, 0.6) is 0 Å². The lowest BCUT2D eigenvalue weighted by Gasteiger charge is -2.36. The molecule has 1 aliphatic rings. The molecule has 0 radical (unpaired) electrons. The second kappa shape index (κ2) is 4.93. The largest absolute Gasteiger partial charge is 0.389 e. The van der Waals surface area contributed by atoms with Crippen molar-refractivity contribution in [2.24, 2.45) is 0 Å². The summed E-state index contributed by atoms with van der Waals surface area (Å²) in [6.07, 6.45) is 2.18. The molecule has 1 fully saturated rings. The Morgan fingerprint density at radius 1 is 1.47 bits per heavy atom. The van der Waals surface area contributed by atoms with Gasteiger partial charge in [0, 0.05) is 6.54 Å². The molecule has 0 heterocycles. The van der Waals surface area contributed by atoms with Gasteiger partial charge in [0.2, 0.25) is 10.0 Å². The molecule has 1 saturated carbocycles.